The van der Waals surface area contributed by atoms with E-state index in [1.807, 2.05) is 18.2 Å². The van der Waals surface area contributed by atoms with Gasteiger partial charge < -0.3 is 20.9 Å². The van der Waals surface area contributed by atoms with E-state index in [4.69, 9.17) is 5.73 Å². The summed E-state index contributed by atoms with van der Waals surface area (Å²) in [5, 5.41) is 3.15. The number of nitrogens with one attached hydrogen (secondary N) is 1. The van der Waals surface area contributed by atoms with E-state index in [1.165, 1.54) is 11.3 Å². The number of anilines is 3. The highest BCUT2D eigenvalue weighted by Crippen LogP contribution is 2.31. The number of para-hydroxylation sites is 1. The van der Waals surface area contributed by atoms with Gasteiger partial charge in [0.05, 0.1) is 6.54 Å². The van der Waals surface area contributed by atoms with Crippen molar-refractivity contribution >= 4 is 23.0 Å². The predicted molar refractivity (Wildman–Crippen MR) is 111 cm³/mol. The second-order valence-corrected chi connectivity index (χ2v) is 7.61. The number of carbonyl (C=O) groups excluding carboxylic acids is 1. The summed E-state index contributed by atoms with van der Waals surface area (Å²) >= 11 is 0. The minimum absolute atomic E-state index is 0.100. The van der Waals surface area contributed by atoms with E-state index in [9.17, 15) is 4.79 Å². The summed E-state index contributed by atoms with van der Waals surface area (Å²) < 4.78 is 0. The van der Waals surface area contributed by atoms with Gasteiger partial charge in [-0.3, -0.25) is 4.79 Å². The largest absolute Gasteiger partial charge is 0.398 e. The van der Waals surface area contributed by atoms with E-state index < -0.39 is 0 Å². The SMILES string of the molecule is Nc1cccc2c1CCCN2CC(=O)NCC1CCN(c2ccccc2)C1. The molecule has 2 aromatic rings. The minimum atomic E-state index is 0.100. The van der Waals surface area contributed by atoms with Gasteiger partial charge in [0.1, 0.15) is 0 Å². The first-order chi connectivity index (χ1) is 13.2. The van der Waals surface area contributed by atoms with Crippen molar-refractivity contribution in [1.82, 2.24) is 5.32 Å². The summed E-state index contributed by atoms with van der Waals surface area (Å²) in [7, 11) is 0. The lowest BCUT2D eigenvalue weighted by Crippen LogP contribution is -2.41. The zero-order valence-electron chi connectivity index (χ0n) is 15.7. The fraction of sp³-hybridized carbons (Fsp3) is 0.409. The summed E-state index contributed by atoms with van der Waals surface area (Å²) in [6.07, 6.45) is 3.17. The molecule has 0 saturated carbocycles. The Labute approximate surface area is 161 Å². The molecule has 1 saturated heterocycles. The number of amides is 1. The monoisotopic (exact) mass is 364 g/mol. The molecule has 0 aliphatic carbocycles. The highest BCUT2D eigenvalue weighted by molar-refractivity contribution is 5.82. The quantitative estimate of drug-likeness (QED) is 0.801. The summed E-state index contributed by atoms with van der Waals surface area (Å²) in [5.74, 6) is 0.613. The Morgan fingerprint density at radius 1 is 1.11 bits per heavy atom. The van der Waals surface area contributed by atoms with Gasteiger partial charge in [0.15, 0.2) is 0 Å². The van der Waals surface area contributed by atoms with Crippen molar-refractivity contribution in [3.63, 3.8) is 0 Å². The van der Waals surface area contributed by atoms with Crippen LogP contribution in [0.4, 0.5) is 17.1 Å². The number of benzene rings is 2. The number of fused-ring (bicyclic) bond motifs is 1. The van der Waals surface area contributed by atoms with E-state index in [2.05, 4.69) is 45.4 Å². The number of nitrogens with zero attached hydrogens (tertiary/aromatic N) is 2. The molecular formula is C22H28N4O. The Kier molecular flexibility index (Phi) is 5.19. The average molecular weight is 364 g/mol. The molecule has 3 N–H and O–H groups in total. The topological polar surface area (TPSA) is 61.6 Å². The van der Waals surface area contributed by atoms with Crippen molar-refractivity contribution in [1.29, 1.82) is 0 Å². The number of carbonyl (C=O) groups is 1. The van der Waals surface area contributed by atoms with Crippen molar-refractivity contribution in [2.75, 3.05) is 48.3 Å². The van der Waals surface area contributed by atoms with Gasteiger partial charge in [-0.25, -0.2) is 0 Å². The number of rotatable bonds is 5. The maximum Gasteiger partial charge on any atom is 0.239 e. The van der Waals surface area contributed by atoms with Crippen LogP contribution in [0, 0.1) is 5.92 Å². The second kappa shape index (κ2) is 7.91. The van der Waals surface area contributed by atoms with Gasteiger partial charge in [-0.2, -0.15) is 0 Å². The maximum atomic E-state index is 12.5. The van der Waals surface area contributed by atoms with Crippen LogP contribution in [-0.2, 0) is 11.2 Å². The molecule has 0 aromatic heterocycles. The molecule has 27 heavy (non-hydrogen) atoms. The van der Waals surface area contributed by atoms with E-state index in [0.717, 1.165) is 56.8 Å². The van der Waals surface area contributed by atoms with Gasteiger partial charge in [-0.1, -0.05) is 24.3 Å². The van der Waals surface area contributed by atoms with Crippen LogP contribution in [0.3, 0.4) is 0 Å². The van der Waals surface area contributed by atoms with Crippen LogP contribution in [0.25, 0.3) is 0 Å². The van der Waals surface area contributed by atoms with Crippen LogP contribution < -0.4 is 20.9 Å². The van der Waals surface area contributed by atoms with Crippen molar-refractivity contribution < 1.29 is 4.79 Å². The fourth-order valence-electron chi connectivity index (χ4n) is 4.25. The molecule has 142 valence electrons. The van der Waals surface area contributed by atoms with Crippen LogP contribution in [0.1, 0.15) is 18.4 Å². The number of hydrogen-bond acceptors (Lipinski definition) is 4. The lowest BCUT2D eigenvalue weighted by Gasteiger charge is -2.31. The smallest absolute Gasteiger partial charge is 0.239 e. The summed E-state index contributed by atoms with van der Waals surface area (Å²) in [6, 6.07) is 16.5. The lowest BCUT2D eigenvalue weighted by molar-refractivity contribution is -0.119. The third kappa shape index (κ3) is 4.02. The summed E-state index contributed by atoms with van der Waals surface area (Å²) in [4.78, 5) is 17.1. The van der Waals surface area contributed by atoms with Crippen LogP contribution in [-0.4, -0.2) is 38.6 Å². The Bertz CT molecular complexity index is 792. The minimum Gasteiger partial charge on any atom is -0.398 e. The van der Waals surface area contributed by atoms with Gasteiger partial charge in [0.25, 0.3) is 0 Å². The second-order valence-electron chi connectivity index (χ2n) is 7.61. The first-order valence-corrected chi connectivity index (χ1v) is 9.90. The van der Waals surface area contributed by atoms with Crippen molar-refractivity contribution in [2.24, 2.45) is 5.92 Å². The molecule has 4 rings (SSSR count). The third-order valence-electron chi connectivity index (χ3n) is 5.71. The van der Waals surface area contributed by atoms with Gasteiger partial charge >= 0.3 is 0 Å². The molecule has 5 nitrogen and oxygen atoms in total. The van der Waals surface area contributed by atoms with E-state index in [-0.39, 0.29) is 5.91 Å². The first-order valence-electron chi connectivity index (χ1n) is 9.90. The van der Waals surface area contributed by atoms with Gasteiger partial charge in [-0.15, -0.1) is 0 Å². The summed E-state index contributed by atoms with van der Waals surface area (Å²) in [6.45, 7) is 4.14. The lowest BCUT2D eigenvalue weighted by atomic mass is 10.00. The maximum absolute atomic E-state index is 12.5. The molecule has 1 amide bonds. The fourth-order valence-corrected chi connectivity index (χ4v) is 4.25. The van der Waals surface area contributed by atoms with E-state index in [1.54, 1.807) is 0 Å². The molecule has 1 atom stereocenters. The number of nitrogens with two attached hydrogens (primary N) is 1. The van der Waals surface area contributed by atoms with Gasteiger partial charge in [0.2, 0.25) is 5.91 Å². The number of nitrogen functional groups attached to an aromatic ring is 1. The highest BCUT2D eigenvalue weighted by Gasteiger charge is 2.24. The Morgan fingerprint density at radius 3 is 2.81 bits per heavy atom. The van der Waals surface area contributed by atoms with Crippen LogP contribution in [0.5, 0.6) is 0 Å². The van der Waals surface area contributed by atoms with Crippen LogP contribution in [0.15, 0.2) is 48.5 Å². The van der Waals surface area contributed by atoms with Crippen molar-refractivity contribution in [3.05, 3.63) is 54.1 Å². The molecular weight excluding hydrogens is 336 g/mol. The van der Waals surface area contributed by atoms with Crippen molar-refractivity contribution in [3.8, 4) is 0 Å². The molecule has 0 bridgehead atoms. The van der Waals surface area contributed by atoms with E-state index in [0.29, 0.717) is 12.5 Å². The molecule has 2 aliphatic rings. The third-order valence-corrected chi connectivity index (χ3v) is 5.71. The van der Waals surface area contributed by atoms with Gasteiger partial charge in [-0.05, 0) is 55.0 Å². The Balaban J connectivity index is 1.28. The first kappa shape index (κ1) is 17.7. The molecule has 1 unspecified atom stereocenters. The predicted octanol–water partition coefficient (Wildman–Crippen LogP) is 2.66. The molecule has 2 heterocycles. The highest BCUT2D eigenvalue weighted by atomic mass is 16.2. The van der Waals surface area contributed by atoms with E-state index >= 15 is 0 Å². The standard InChI is InChI=1S/C22H28N4O/c23-20-9-4-10-21-19(20)8-5-12-26(21)16-22(27)24-14-17-11-13-25(15-17)18-6-2-1-3-7-18/h1-4,6-7,9-10,17H,5,8,11-16,23H2,(H,24,27). The zero-order chi connectivity index (χ0) is 18.6. The molecule has 5 heteroatoms. The molecule has 0 spiro atoms. The Hall–Kier alpha value is -2.69. The molecule has 0 radical (unpaired) electrons. The molecule has 2 aliphatic heterocycles. The van der Waals surface area contributed by atoms with Crippen LogP contribution in [0.2, 0.25) is 0 Å². The zero-order valence-corrected chi connectivity index (χ0v) is 15.7. The van der Waals surface area contributed by atoms with Gasteiger partial charge in [0, 0.05) is 43.2 Å². The molecule has 1 fully saturated rings. The average Bonchev–Trinajstić information content (AvgIpc) is 3.17. The number of hydrogen-bond donors (Lipinski definition) is 2. The molecule has 2 aromatic carbocycles. The normalized spacial score (nSPS) is 19.0. The Morgan fingerprint density at radius 2 is 1.96 bits per heavy atom. The van der Waals surface area contributed by atoms with Crippen LogP contribution >= 0.6 is 0 Å². The summed E-state index contributed by atoms with van der Waals surface area (Å²) in [5.41, 5.74) is 10.5. The van der Waals surface area contributed by atoms with Crippen molar-refractivity contribution in [2.45, 2.75) is 19.3 Å².